The summed E-state index contributed by atoms with van der Waals surface area (Å²) in [6.07, 6.45) is 16.0. The molecule has 0 aromatic rings. The summed E-state index contributed by atoms with van der Waals surface area (Å²) in [5.74, 6) is 1.88. The maximum absolute atomic E-state index is 4.00. The molecule has 2 unspecified atom stereocenters. The lowest BCUT2D eigenvalue weighted by Crippen LogP contribution is -2.41. The minimum Gasteiger partial charge on any atom is -0.311 e. The Morgan fingerprint density at radius 2 is 1.50 bits per heavy atom. The van der Waals surface area contributed by atoms with E-state index in [-0.39, 0.29) is 0 Å². The standard InChI is InChI=1S/C17H33N/c1-14(2)12-15-8-7-11-17(13-15)18-16-9-5-3-4-6-10-16/h14-18H,3-13H2,1-2H3. The first-order chi connectivity index (χ1) is 8.74. The summed E-state index contributed by atoms with van der Waals surface area (Å²) in [5, 5.41) is 4.00. The molecule has 0 amide bonds. The van der Waals surface area contributed by atoms with Crippen molar-refractivity contribution in [3.8, 4) is 0 Å². The van der Waals surface area contributed by atoms with Crippen molar-refractivity contribution in [3.05, 3.63) is 0 Å². The fraction of sp³-hybridized carbons (Fsp3) is 1.00. The van der Waals surface area contributed by atoms with Crippen molar-refractivity contribution in [2.75, 3.05) is 0 Å². The number of hydrogen-bond donors (Lipinski definition) is 1. The van der Waals surface area contributed by atoms with Crippen LogP contribution in [-0.2, 0) is 0 Å². The lowest BCUT2D eigenvalue weighted by Gasteiger charge is -2.33. The highest BCUT2D eigenvalue weighted by molar-refractivity contribution is 4.82. The van der Waals surface area contributed by atoms with E-state index in [1.54, 1.807) is 0 Å². The van der Waals surface area contributed by atoms with Crippen LogP contribution in [0.5, 0.6) is 0 Å². The van der Waals surface area contributed by atoms with E-state index in [0.29, 0.717) is 0 Å². The van der Waals surface area contributed by atoms with Crippen molar-refractivity contribution in [2.24, 2.45) is 11.8 Å². The Balaban J connectivity index is 1.74. The molecular formula is C17H33N. The van der Waals surface area contributed by atoms with Crippen LogP contribution in [0.15, 0.2) is 0 Å². The van der Waals surface area contributed by atoms with Crippen LogP contribution in [0, 0.1) is 11.8 Å². The lowest BCUT2D eigenvalue weighted by molar-refractivity contribution is 0.234. The average molecular weight is 251 g/mol. The quantitative estimate of drug-likeness (QED) is 0.700. The molecule has 1 nitrogen and oxygen atoms in total. The molecule has 0 spiro atoms. The van der Waals surface area contributed by atoms with Gasteiger partial charge >= 0.3 is 0 Å². The molecule has 0 bridgehead atoms. The van der Waals surface area contributed by atoms with E-state index in [4.69, 9.17) is 0 Å². The molecule has 0 aliphatic heterocycles. The molecule has 18 heavy (non-hydrogen) atoms. The maximum atomic E-state index is 4.00. The Kier molecular flexibility index (Phi) is 6.01. The molecule has 2 atom stereocenters. The second-order valence-corrected chi connectivity index (χ2v) is 7.21. The summed E-state index contributed by atoms with van der Waals surface area (Å²) in [6, 6.07) is 1.68. The highest BCUT2D eigenvalue weighted by Crippen LogP contribution is 2.30. The second kappa shape index (κ2) is 7.53. The van der Waals surface area contributed by atoms with Gasteiger partial charge in [-0.1, -0.05) is 52.4 Å². The van der Waals surface area contributed by atoms with E-state index in [1.165, 1.54) is 70.6 Å². The van der Waals surface area contributed by atoms with Gasteiger partial charge in [0.2, 0.25) is 0 Å². The van der Waals surface area contributed by atoms with Gasteiger partial charge in [-0.05, 0) is 43.9 Å². The zero-order chi connectivity index (χ0) is 12.8. The van der Waals surface area contributed by atoms with Gasteiger partial charge < -0.3 is 5.32 Å². The Labute approximate surface area is 114 Å². The smallest absolute Gasteiger partial charge is 0.00722 e. The summed E-state index contributed by atoms with van der Waals surface area (Å²) in [4.78, 5) is 0. The van der Waals surface area contributed by atoms with Gasteiger partial charge in [-0.2, -0.15) is 0 Å². The van der Waals surface area contributed by atoms with Gasteiger partial charge in [-0.25, -0.2) is 0 Å². The third kappa shape index (κ3) is 4.91. The van der Waals surface area contributed by atoms with Crippen LogP contribution in [0.1, 0.15) is 84.5 Å². The third-order valence-corrected chi connectivity index (χ3v) is 4.91. The summed E-state index contributed by atoms with van der Waals surface area (Å²) >= 11 is 0. The van der Waals surface area contributed by atoms with Gasteiger partial charge in [0.25, 0.3) is 0 Å². The van der Waals surface area contributed by atoms with Crippen molar-refractivity contribution >= 4 is 0 Å². The van der Waals surface area contributed by atoms with E-state index in [9.17, 15) is 0 Å². The highest BCUT2D eigenvalue weighted by atomic mass is 15.0. The third-order valence-electron chi connectivity index (χ3n) is 4.91. The fourth-order valence-electron chi connectivity index (χ4n) is 4.10. The highest BCUT2D eigenvalue weighted by Gasteiger charge is 2.24. The van der Waals surface area contributed by atoms with E-state index in [0.717, 1.165) is 23.9 Å². The van der Waals surface area contributed by atoms with Crippen LogP contribution in [0.2, 0.25) is 0 Å². The molecule has 0 aromatic carbocycles. The predicted octanol–water partition coefficient (Wildman–Crippen LogP) is 4.90. The van der Waals surface area contributed by atoms with Gasteiger partial charge in [0.05, 0.1) is 0 Å². The monoisotopic (exact) mass is 251 g/mol. The molecule has 1 N–H and O–H groups in total. The van der Waals surface area contributed by atoms with E-state index >= 15 is 0 Å². The average Bonchev–Trinajstić information content (AvgIpc) is 2.57. The number of rotatable bonds is 4. The first-order valence-corrected chi connectivity index (χ1v) is 8.50. The Hall–Kier alpha value is -0.0400. The number of hydrogen-bond acceptors (Lipinski definition) is 1. The van der Waals surface area contributed by atoms with Crippen LogP contribution >= 0.6 is 0 Å². The predicted molar refractivity (Wildman–Crippen MR) is 79.8 cm³/mol. The molecule has 0 saturated heterocycles. The van der Waals surface area contributed by atoms with Crippen LogP contribution in [-0.4, -0.2) is 12.1 Å². The molecule has 2 saturated carbocycles. The van der Waals surface area contributed by atoms with Crippen LogP contribution < -0.4 is 5.32 Å². The zero-order valence-corrected chi connectivity index (χ0v) is 12.6. The summed E-state index contributed by atoms with van der Waals surface area (Å²) in [6.45, 7) is 4.75. The Morgan fingerprint density at radius 3 is 2.17 bits per heavy atom. The molecule has 2 rings (SSSR count). The van der Waals surface area contributed by atoms with E-state index in [2.05, 4.69) is 19.2 Å². The Bertz CT molecular complexity index is 216. The summed E-state index contributed by atoms with van der Waals surface area (Å²) in [7, 11) is 0. The zero-order valence-electron chi connectivity index (χ0n) is 12.6. The molecule has 0 heterocycles. The molecule has 0 radical (unpaired) electrons. The topological polar surface area (TPSA) is 12.0 Å². The minimum atomic E-state index is 0.839. The molecule has 2 aliphatic carbocycles. The fourth-order valence-corrected chi connectivity index (χ4v) is 4.10. The van der Waals surface area contributed by atoms with E-state index in [1.807, 2.05) is 0 Å². The van der Waals surface area contributed by atoms with E-state index < -0.39 is 0 Å². The van der Waals surface area contributed by atoms with Crippen LogP contribution in [0.3, 0.4) is 0 Å². The summed E-state index contributed by atoms with van der Waals surface area (Å²) in [5.41, 5.74) is 0. The van der Waals surface area contributed by atoms with Gasteiger partial charge in [0, 0.05) is 12.1 Å². The molecule has 2 aliphatic rings. The van der Waals surface area contributed by atoms with Gasteiger partial charge in [0.15, 0.2) is 0 Å². The first kappa shape index (κ1) is 14.4. The van der Waals surface area contributed by atoms with Crippen molar-refractivity contribution in [1.29, 1.82) is 0 Å². The number of nitrogens with one attached hydrogen (secondary N) is 1. The largest absolute Gasteiger partial charge is 0.311 e. The van der Waals surface area contributed by atoms with Crippen LogP contribution in [0.4, 0.5) is 0 Å². The van der Waals surface area contributed by atoms with Crippen molar-refractivity contribution in [3.63, 3.8) is 0 Å². The SMILES string of the molecule is CC(C)CC1CCCC(NC2CCCCCC2)C1. The van der Waals surface area contributed by atoms with Gasteiger partial charge in [0.1, 0.15) is 0 Å². The molecule has 2 fully saturated rings. The lowest BCUT2D eigenvalue weighted by atomic mass is 9.81. The maximum Gasteiger partial charge on any atom is 0.00722 e. The van der Waals surface area contributed by atoms with Crippen LogP contribution in [0.25, 0.3) is 0 Å². The first-order valence-electron chi connectivity index (χ1n) is 8.50. The van der Waals surface area contributed by atoms with Gasteiger partial charge in [-0.3, -0.25) is 0 Å². The molecular weight excluding hydrogens is 218 g/mol. The molecule has 0 aromatic heterocycles. The van der Waals surface area contributed by atoms with Gasteiger partial charge in [-0.15, -0.1) is 0 Å². The second-order valence-electron chi connectivity index (χ2n) is 7.21. The normalized spacial score (nSPS) is 31.5. The minimum absolute atomic E-state index is 0.839. The van der Waals surface area contributed by atoms with Crippen molar-refractivity contribution < 1.29 is 0 Å². The molecule has 1 heteroatoms. The Morgan fingerprint density at radius 1 is 0.833 bits per heavy atom. The molecule has 106 valence electrons. The summed E-state index contributed by atoms with van der Waals surface area (Å²) < 4.78 is 0. The van der Waals surface area contributed by atoms with Crippen molar-refractivity contribution in [2.45, 2.75) is 96.6 Å². The van der Waals surface area contributed by atoms with Crippen molar-refractivity contribution in [1.82, 2.24) is 5.32 Å².